The zero-order chi connectivity index (χ0) is 10.0. The highest BCUT2D eigenvalue weighted by Gasteiger charge is 2.43. The maximum atomic E-state index is 9.40. The zero-order valence-electron chi connectivity index (χ0n) is 7.13. The lowest BCUT2D eigenvalue weighted by Gasteiger charge is -2.38. The van der Waals surface area contributed by atoms with Gasteiger partial charge in [0.2, 0.25) is 0 Å². The topological polar surface area (TPSA) is 79.2 Å². The van der Waals surface area contributed by atoms with Crippen LogP contribution in [0.2, 0.25) is 0 Å². The van der Waals surface area contributed by atoms with Crippen LogP contribution in [0.15, 0.2) is 0 Å². The van der Waals surface area contributed by atoms with Crippen LogP contribution in [-0.2, 0) is 9.47 Å². The standard InChI is InChI=1S/C7H13ClO5/c1-12-7-6(11)5(10)4(8)3(2-9)13-7/h3-7,9-11H,2H2,1H3/t3-,4+,5+,6-,7+/m1/s1. The Morgan fingerprint density at radius 2 is 2.00 bits per heavy atom. The summed E-state index contributed by atoms with van der Waals surface area (Å²) in [6.07, 6.45) is -4.00. The molecule has 0 aromatic heterocycles. The third-order valence-electron chi connectivity index (χ3n) is 2.03. The smallest absolute Gasteiger partial charge is 0.186 e. The SMILES string of the molecule is CO[C@H]1O[C@H](CO)[C@H](Cl)[C@H](O)[C@H]1O. The van der Waals surface area contributed by atoms with Crippen LogP contribution in [0.4, 0.5) is 0 Å². The van der Waals surface area contributed by atoms with Gasteiger partial charge >= 0.3 is 0 Å². The molecule has 0 amide bonds. The summed E-state index contributed by atoms with van der Waals surface area (Å²) in [6, 6.07) is 0. The summed E-state index contributed by atoms with van der Waals surface area (Å²) in [5.74, 6) is 0. The summed E-state index contributed by atoms with van der Waals surface area (Å²) in [4.78, 5) is 0. The highest BCUT2D eigenvalue weighted by atomic mass is 35.5. The fraction of sp³-hybridized carbons (Fsp3) is 1.00. The molecule has 0 aliphatic carbocycles. The Labute approximate surface area is 80.8 Å². The van der Waals surface area contributed by atoms with Gasteiger partial charge in [0, 0.05) is 7.11 Å². The predicted octanol–water partition coefficient (Wildman–Crippen LogP) is -1.32. The van der Waals surface area contributed by atoms with E-state index in [1.807, 2.05) is 0 Å². The summed E-state index contributed by atoms with van der Waals surface area (Å²) < 4.78 is 9.82. The molecule has 3 N–H and O–H groups in total. The fourth-order valence-corrected chi connectivity index (χ4v) is 1.52. The molecule has 0 saturated carbocycles. The van der Waals surface area contributed by atoms with Gasteiger partial charge in [0.05, 0.1) is 12.0 Å². The highest BCUT2D eigenvalue weighted by molar-refractivity contribution is 6.21. The van der Waals surface area contributed by atoms with Crippen LogP contribution in [0.1, 0.15) is 0 Å². The maximum absolute atomic E-state index is 9.40. The third kappa shape index (κ3) is 2.12. The van der Waals surface area contributed by atoms with Gasteiger partial charge in [-0.05, 0) is 0 Å². The molecular formula is C7H13ClO5. The van der Waals surface area contributed by atoms with Crippen molar-refractivity contribution >= 4 is 11.6 Å². The van der Waals surface area contributed by atoms with E-state index >= 15 is 0 Å². The van der Waals surface area contributed by atoms with Crippen LogP contribution >= 0.6 is 11.6 Å². The maximum Gasteiger partial charge on any atom is 0.186 e. The van der Waals surface area contributed by atoms with Crippen molar-refractivity contribution in [2.24, 2.45) is 0 Å². The number of hydrogen-bond donors (Lipinski definition) is 3. The van der Waals surface area contributed by atoms with E-state index in [1.54, 1.807) is 0 Å². The number of aliphatic hydroxyl groups is 3. The van der Waals surface area contributed by atoms with Gasteiger partial charge in [-0.15, -0.1) is 11.6 Å². The van der Waals surface area contributed by atoms with Gasteiger partial charge in [-0.25, -0.2) is 0 Å². The Kier molecular flexibility index (Phi) is 3.90. The van der Waals surface area contributed by atoms with Gasteiger partial charge in [-0.1, -0.05) is 0 Å². The average Bonchev–Trinajstić information content (AvgIpc) is 2.15. The number of ether oxygens (including phenoxy) is 2. The average molecular weight is 213 g/mol. The Bertz CT molecular complexity index is 147. The Morgan fingerprint density at radius 1 is 1.38 bits per heavy atom. The van der Waals surface area contributed by atoms with Gasteiger partial charge in [0.1, 0.15) is 18.3 Å². The third-order valence-corrected chi connectivity index (χ3v) is 2.57. The predicted molar refractivity (Wildman–Crippen MR) is 44.4 cm³/mol. The van der Waals surface area contributed by atoms with Gasteiger partial charge in [0.15, 0.2) is 6.29 Å². The van der Waals surface area contributed by atoms with E-state index in [2.05, 4.69) is 0 Å². The van der Waals surface area contributed by atoms with Crippen molar-refractivity contribution in [3.05, 3.63) is 0 Å². The molecule has 0 unspecified atom stereocenters. The van der Waals surface area contributed by atoms with Gasteiger partial charge < -0.3 is 24.8 Å². The first-order valence-corrected chi connectivity index (χ1v) is 4.34. The Morgan fingerprint density at radius 3 is 2.46 bits per heavy atom. The first-order valence-electron chi connectivity index (χ1n) is 3.91. The van der Waals surface area contributed by atoms with Crippen molar-refractivity contribution in [3.63, 3.8) is 0 Å². The van der Waals surface area contributed by atoms with E-state index in [9.17, 15) is 10.2 Å². The lowest BCUT2D eigenvalue weighted by Crippen LogP contribution is -2.56. The van der Waals surface area contributed by atoms with Gasteiger partial charge in [-0.2, -0.15) is 0 Å². The molecule has 13 heavy (non-hydrogen) atoms. The summed E-state index contributed by atoms with van der Waals surface area (Å²) in [5, 5.41) is 26.7. The van der Waals surface area contributed by atoms with Crippen LogP contribution in [0, 0.1) is 0 Å². The molecule has 1 heterocycles. The second-order valence-electron chi connectivity index (χ2n) is 2.89. The Balaban J connectivity index is 2.66. The molecule has 0 spiro atoms. The largest absolute Gasteiger partial charge is 0.394 e. The zero-order valence-corrected chi connectivity index (χ0v) is 7.89. The molecule has 5 atom stereocenters. The van der Waals surface area contributed by atoms with Crippen LogP contribution < -0.4 is 0 Å². The summed E-state index contributed by atoms with van der Waals surface area (Å²) in [5.41, 5.74) is 0. The molecule has 78 valence electrons. The lowest BCUT2D eigenvalue weighted by atomic mass is 10.0. The number of halogens is 1. The van der Waals surface area contributed by atoms with Gasteiger partial charge in [0.25, 0.3) is 0 Å². The molecule has 1 fully saturated rings. The van der Waals surface area contributed by atoms with E-state index in [1.165, 1.54) is 7.11 Å². The van der Waals surface area contributed by atoms with Crippen molar-refractivity contribution in [2.45, 2.75) is 30.0 Å². The monoisotopic (exact) mass is 212 g/mol. The van der Waals surface area contributed by atoms with E-state index in [-0.39, 0.29) is 6.61 Å². The molecule has 1 aliphatic rings. The minimum absolute atomic E-state index is 0.322. The van der Waals surface area contributed by atoms with E-state index in [0.29, 0.717) is 0 Å². The van der Waals surface area contributed by atoms with Crippen LogP contribution in [0.3, 0.4) is 0 Å². The number of aliphatic hydroxyl groups excluding tert-OH is 3. The van der Waals surface area contributed by atoms with E-state index in [0.717, 1.165) is 0 Å². The minimum Gasteiger partial charge on any atom is -0.394 e. The summed E-state index contributed by atoms with van der Waals surface area (Å²) in [7, 11) is 1.34. The van der Waals surface area contributed by atoms with Crippen molar-refractivity contribution in [2.75, 3.05) is 13.7 Å². The van der Waals surface area contributed by atoms with Crippen molar-refractivity contribution < 1.29 is 24.8 Å². The molecule has 0 aromatic carbocycles. The first-order chi connectivity index (χ1) is 6.11. The number of rotatable bonds is 2. The van der Waals surface area contributed by atoms with Crippen molar-refractivity contribution in [1.82, 2.24) is 0 Å². The molecule has 0 bridgehead atoms. The van der Waals surface area contributed by atoms with Crippen molar-refractivity contribution in [3.8, 4) is 0 Å². The molecule has 1 aliphatic heterocycles. The molecule has 5 nitrogen and oxygen atoms in total. The quantitative estimate of drug-likeness (QED) is 0.495. The molecule has 6 heteroatoms. The number of hydrogen-bond acceptors (Lipinski definition) is 5. The minimum atomic E-state index is -1.18. The molecule has 0 radical (unpaired) electrons. The second-order valence-corrected chi connectivity index (χ2v) is 3.39. The van der Waals surface area contributed by atoms with Crippen molar-refractivity contribution in [1.29, 1.82) is 0 Å². The summed E-state index contributed by atoms with van der Waals surface area (Å²) >= 11 is 5.70. The Hall–Kier alpha value is 0.0900. The second kappa shape index (κ2) is 4.54. The van der Waals surface area contributed by atoms with E-state index < -0.39 is 30.0 Å². The number of methoxy groups -OCH3 is 1. The van der Waals surface area contributed by atoms with Crippen LogP contribution in [0.5, 0.6) is 0 Å². The molecule has 0 aromatic rings. The fourth-order valence-electron chi connectivity index (χ4n) is 1.24. The highest BCUT2D eigenvalue weighted by Crippen LogP contribution is 2.25. The molecule has 1 rings (SSSR count). The normalized spacial score (nSPS) is 46.4. The molecule has 1 saturated heterocycles. The van der Waals surface area contributed by atoms with Crippen LogP contribution in [0.25, 0.3) is 0 Å². The van der Waals surface area contributed by atoms with E-state index in [4.69, 9.17) is 26.2 Å². The first kappa shape index (κ1) is 11.2. The van der Waals surface area contributed by atoms with Crippen LogP contribution in [-0.4, -0.2) is 59.0 Å². The van der Waals surface area contributed by atoms with Gasteiger partial charge in [-0.3, -0.25) is 0 Å². The molecular weight excluding hydrogens is 200 g/mol. The number of alkyl halides is 1. The lowest BCUT2D eigenvalue weighted by molar-refractivity contribution is -0.260. The summed E-state index contributed by atoms with van der Waals surface area (Å²) in [6.45, 7) is -0.322.